The number of carbonyl (C=O) groups is 1. The standard InChI is InChI=1S/C21H28N6O/c28-21(25-17-6-11-23-12-7-17)19-2-1-3-20(26-19)27-13-8-18(15-27)24-14-16-4-9-22-10-5-16/h1-3,6-7,11-12,16,18,22,24H,4-5,8-10,13-15H2,(H,23,25,28). The topological polar surface area (TPSA) is 82.2 Å². The lowest BCUT2D eigenvalue weighted by atomic mass is 9.98. The van der Waals surface area contributed by atoms with Gasteiger partial charge in [0.15, 0.2) is 0 Å². The molecular formula is C21H28N6O. The Hall–Kier alpha value is -2.51. The first-order chi connectivity index (χ1) is 13.8. The van der Waals surface area contributed by atoms with E-state index >= 15 is 0 Å². The minimum Gasteiger partial charge on any atom is -0.355 e. The predicted octanol–water partition coefficient (Wildman–Crippen LogP) is 1.90. The fourth-order valence-corrected chi connectivity index (χ4v) is 3.91. The normalized spacial score (nSPS) is 20.3. The van der Waals surface area contributed by atoms with E-state index in [1.165, 1.54) is 12.8 Å². The summed E-state index contributed by atoms with van der Waals surface area (Å²) in [6.07, 6.45) is 6.95. The van der Waals surface area contributed by atoms with Crippen LogP contribution in [0.15, 0.2) is 42.7 Å². The third kappa shape index (κ3) is 4.85. The van der Waals surface area contributed by atoms with Crippen molar-refractivity contribution >= 4 is 17.4 Å². The average Bonchev–Trinajstić information content (AvgIpc) is 3.23. The van der Waals surface area contributed by atoms with Crippen LogP contribution >= 0.6 is 0 Å². The average molecular weight is 380 g/mol. The summed E-state index contributed by atoms with van der Waals surface area (Å²) in [5.74, 6) is 1.45. The minimum atomic E-state index is -0.201. The summed E-state index contributed by atoms with van der Waals surface area (Å²) in [7, 11) is 0. The molecule has 7 heteroatoms. The van der Waals surface area contributed by atoms with Gasteiger partial charge in [-0.15, -0.1) is 0 Å². The highest BCUT2D eigenvalue weighted by molar-refractivity contribution is 6.03. The van der Waals surface area contributed by atoms with E-state index in [0.717, 1.165) is 56.6 Å². The van der Waals surface area contributed by atoms with Crippen LogP contribution in [0, 0.1) is 5.92 Å². The van der Waals surface area contributed by atoms with Crippen molar-refractivity contribution in [3.05, 3.63) is 48.4 Å². The first-order valence-electron chi connectivity index (χ1n) is 10.2. The Morgan fingerprint density at radius 1 is 1.14 bits per heavy atom. The van der Waals surface area contributed by atoms with E-state index in [0.29, 0.717) is 11.7 Å². The number of anilines is 2. The zero-order valence-electron chi connectivity index (χ0n) is 16.1. The summed E-state index contributed by atoms with van der Waals surface area (Å²) >= 11 is 0. The lowest BCUT2D eigenvalue weighted by Crippen LogP contribution is -2.39. The third-order valence-corrected chi connectivity index (χ3v) is 5.57. The Morgan fingerprint density at radius 2 is 1.96 bits per heavy atom. The molecule has 2 aliphatic rings. The molecule has 0 radical (unpaired) electrons. The molecular weight excluding hydrogens is 352 g/mol. The zero-order chi connectivity index (χ0) is 19.2. The molecule has 0 spiro atoms. The molecule has 0 bridgehead atoms. The van der Waals surface area contributed by atoms with E-state index in [-0.39, 0.29) is 5.91 Å². The van der Waals surface area contributed by atoms with Crippen molar-refractivity contribution in [2.45, 2.75) is 25.3 Å². The lowest BCUT2D eigenvalue weighted by molar-refractivity contribution is 0.102. The fourth-order valence-electron chi connectivity index (χ4n) is 3.91. The molecule has 2 fully saturated rings. The van der Waals surface area contributed by atoms with Crippen LogP contribution in [0.1, 0.15) is 29.8 Å². The number of nitrogens with zero attached hydrogens (tertiary/aromatic N) is 3. The van der Waals surface area contributed by atoms with Crippen molar-refractivity contribution in [2.75, 3.05) is 42.9 Å². The van der Waals surface area contributed by atoms with Gasteiger partial charge < -0.3 is 20.9 Å². The van der Waals surface area contributed by atoms with E-state index in [1.807, 2.05) is 12.1 Å². The molecule has 2 saturated heterocycles. The van der Waals surface area contributed by atoms with E-state index < -0.39 is 0 Å². The quantitative estimate of drug-likeness (QED) is 0.710. The van der Waals surface area contributed by atoms with Gasteiger partial charge in [-0.2, -0.15) is 0 Å². The van der Waals surface area contributed by atoms with Crippen LogP contribution in [0.3, 0.4) is 0 Å². The first-order valence-corrected chi connectivity index (χ1v) is 10.2. The molecule has 2 aliphatic heterocycles. The van der Waals surface area contributed by atoms with Gasteiger partial charge in [0.25, 0.3) is 5.91 Å². The molecule has 4 heterocycles. The van der Waals surface area contributed by atoms with Crippen molar-refractivity contribution in [1.82, 2.24) is 20.6 Å². The summed E-state index contributed by atoms with van der Waals surface area (Å²) in [6, 6.07) is 9.66. The Balaban J connectivity index is 1.32. The number of nitrogens with one attached hydrogen (secondary N) is 3. The maximum atomic E-state index is 12.5. The predicted molar refractivity (Wildman–Crippen MR) is 111 cm³/mol. The van der Waals surface area contributed by atoms with Crippen LogP contribution in [-0.2, 0) is 0 Å². The molecule has 1 atom stereocenters. The highest BCUT2D eigenvalue weighted by atomic mass is 16.1. The molecule has 7 nitrogen and oxygen atoms in total. The van der Waals surface area contributed by atoms with Gasteiger partial charge in [-0.3, -0.25) is 9.78 Å². The Morgan fingerprint density at radius 3 is 2.79 bits per heavy atom. The number of rotatable bonds is 6. The number of carbonyl (C=O) groups excluding carboxylic acids is 1. The van der Waals surface area contributed by atoms with Crippen LogP contribution in [0.25, 0.3) is 0 Å². The van der Waals surface area contributed by atoms with E-state index in [1.54, 1.807) is 30.6 Å². The molecule has 0 aromatic carbocycles. The summed E-state index contributed by atoms with van der Waals surface area (Å²) < 4.78 is 0. The monoisotopic (exact) mass is 380 g/mol. The third-order valence-electron chi connectivity index (χ3n) is 5.57. The largest absolute Gasteiger partial charge is 0.355 e. The van der Waals surface area contributed by atoms with Crippen molar-refractivity contribution in [3.63, 3.8) is 0 Å². The highest BCUT2D eigenvalue weighted by Crippen LogP contribution is 2.20. The highest BCUT2D eigenvalue weighted by Gasteiger charge is 2.25. The van der Waals surface area contributed by atoms with E-state index in [4.69, 9.17) is 0 Å². The van der Waals surface area contributed by atoms with Crippen molar-refractivity contribution in [3.8, 4) is 0 Å². The van der Waals surface area contributed by atoms with Gasteiger partial charge >= 0.3 is 0 Å². The van der Waals surface area contributed by atoms with Crippen LogP contribution in [0.4, 0.5) is 11.5 Å². The molecule has 2 aromatic heterocycles. The van der Waals surface area contributed by atoms with Gasteiger partial charge in [0.2, 0.25) is 0 Å². The number of aromatic nitrogens is 2. The number of hydrogen-bond acceptors (Lipinski definition) is 6. The molecule has 3 N–H and O–H groups in total. The van der Waals surface area contributed by atoms with Gasteiger partial charge in [0.1, 0.15) is 11.5 Å². The fraction of sp³-hybridized carbons (Fsp3) is 0.476. The van der Waals surface area contributed by atoms with E-state index in [9.17, 15) is 4.79 Å². The van der Waals surface area contributed by atoms with Gasteiger partial charge in [0.05, 0.1) is 0 Å². The summed E-state index contributed by atoms with van der Waals surface area (Å²) in [5, 5.41) is 10.0. The number of amides is 1. The maximum absolute atomic E-state index is 12.5. The van der Waals surface area contributed by atoms with Gasteiger partial charge in [-0.1, -0.05) is 6.07 Å². The molecule has 1 unspecified atom stereocenters. The Kier molecular flexibility index (Phi) is 6.14. The van der Waals surface area contributed by atoms with Crippen molar-refractivity contribution in [2.24, 2.45) is 5.92 Å². The first kappa shape index (κ1) is 18.8. The maximum Gasteiger partial charge on any atom is 0.274 e. The lowest BCUT2D eigenvalue weighted by Gasteiger charge is -2.25. The molecule has 148 valence electrons. The molecule has 1 amide bonds. The van der Waals surface area contributed by atoms with Gasteiger partial charge in [0, 0.05) is 37.2 Å². The van der Waals surface area contributed by atoms with Gasteiger partial charge in [-0.25, -0.2) is 4.98 Å². The molecule has 4 rings (SSSR count). The van der Waals surface area contributed by atoms with Crippen LogP contribution < -0.4 is 20.9 Å². The van der Waals surface area contributed by atoms with Crippen molar-refractivity contribution < 1.29 is 4.79 Å². The molecule has 0 aliphatic carbocycles. The minimum absolute atomic E-state index is 0.201. The Labute approximate surface area is 166 Å². The smallest absolute Gasteiger partial charge is 0.274 e. The van der Waals surface area contributed by atoms with E-state index in [2.05, 4.69) is 30.8 Å². The van der Waals surface area contributed by atoms with Crippen LogP contribution in [0.5, 0.6) is 0 Å². The SMILES string of the molecule is O=C(Nc1ccncc1)c1cccc(N2CCC(NCC3CCNCC3)C2)n1. The summed E-state index contributed by atoms with van der Waals surface area (Å²) in [6.45, 7) is 5.28. The molecule has 2 aromatic rings. The summed E-state index contributed by atoms with van der Waals surface area (Å²) in [4.78, 5) is 23.3. The van der Waals surface area contributed by atoms with Crippen molar-refractivity contribution in [1.29, 1.82) is 0 Å². The zero-order valence-corrected chi connectivity index (χ0v) is 16.1. The second-order valence-electron chi connectivity index (χ2n) is 7.60. The summed E-state index contributed by atoms with van der Waals surface area (Å²) in [5.41, 5.74) is 1.15. The molecule has 28 heavy (non-hydrogen) atoms. The number of piperidine rings is 1. The Bertz CT molecular complexity index is 777. The van der Waals surface area contributed by atoms with Crippen LogP contribution in [0.2, 0.25) is 0 Å². The number of hydrogen-bond donors (Lipinski definition) is 3. The second kappa shape index (κ2) is 9.12. The molecule has 0 saturated carbocycles. The second-order valence-corrected chi connectivity index (χ2v) is 7.60. The van der Waals surface area contributed by atoms with Crippen LogP contribution in [-0.4, -0.2) is 54.6 Å². The number of pyridine rings is 2. The van der Waals surface area contributed by atoms with Gasteiger partial charge in [-0.05, 0) is 69.1 Å².